The molecule has 0 rings (SSSR count). The average molecular weight is 1410 g/mol. The number of rotatable bonds is 74. The summed E-state index contributed by atoms with van der Waals surface area (Å²) in [5.74, 6) is 0.960. The van der Waals surface area contributed by atoms with Crippen LogP contribution in [-0.2, 0) is 65.4 Å². The van der Waals surface area contributed by atoms with E-state index < -0.39 is 97.5 Å². The van der Waals surface area contributed by atoms with Gasteiger partial charge in [-0.25, -0.2) is 9.13 Å². The molecule has 0 spiro atoms. The monoisotopic (exact) mass is 1410 g/mol. The molecule has 96 heavy (non-hydrogen) atoms. The average Bonchev–Trinajstić information content (AvgIpc) is 1.14. The summed E-state index contributed by atoms with van der Waals surface area (Å²) < 4.78 is 68.6. The summed E-state index contributed by atoms with van der Waals surface area (Å²) in [7, 11) is -9.92. The van der Waals surface area contributed by atoms with Gasteiger partial charge in [-0.15, -0.1) is 0 Å². The minimum absolute atomic E-state index is 0.105. The molecule has 0 saturated carbocycles. The zero-order valence-corrected chi connectivity index (χ0v) is 64.8. The molecule has 0 saturated heterocycles. The van der Waals surface area contributed by atoms with E-state index in [0.29, 0.717) is 31.6 Å². The molecule has 0 amide bonds. The highest BCUT2D eigenvalue weighted by atomic mass is 31.2. The van der Waals surface area contributed by atoms with E-state index >= 15 is 0 Å². The van der Waals surface area contributed by atoms with Crippen molar-refractivity contribution in [2.75, 3.05) is 39.6 Å². The van der Waals surface area contributed by atoms with Crippen molar-refractivity contribution in [3.63, 3.8) is 0 Å². The number of phosphoric ester groups is 2. The molecule has 17 nitrogen and oxygen atoms in total. The van der Waals surface area contributed by atoms with E-state index in [1.54, 1.807) is 0 Å². The third kappa shape index (κ3) is 69.2. The van der Waals surface area contributed by atoms with Gasteiger partial charge in [-0.3, -0.25) is 37.3 Å². The summed E-state index contributed by atoms with van der Waals surface area (Å²) in [5, 5.41) is 10.6. The number of aliphatic hydroxyl groups excluding tert-OH is 1. The highest BCUT2D eigenvalue weighted by Gasteiger charge is 2.30. The molecule has 570 valence electrons. The van der Waals surface area contributed by atoms with E-state index in [1.807, 2.05) is 0 Å². The van der Waals surface area contributed by atoms with Gasteiger partial charge in [0.25, 0.3) is 0 Å². The largest absolute Gasteiger partial charge is 0.472 e. The first-order valence-electron chi connectivity index (χ1n) is 39.7. The molecule has 3 N–H and O–H groups in total. The van der Waals surface area contributed by atoms with Gasteiger partial charge in [0.15, 0.2) is 12.2 Å². The molecule has 0 heterocycles. The third-order valence-corrected chi connectivity index (χ3v) is 20.1. The second kappa shape index (κ2) is 66.3. The Balaban J connectivity index is 5.24. The first-order valence-corrected chi connectivity index (χ1v) is 42.7. The Kier molecular flexibility index (Phi) is 65.0. The van der Waals surface area contributed by atoms with Crippen molar-refractivity contribution in [2.45, 2.75) is 408 Å². The fourth-order valence-electron chi connectivity index (χ4n) is 11.7. The van der Waals surface area contributed by atoms with Crippen LogP contribution >= 0.6 is 15.6 Å². The number of hydrogen-bond donors (Lipinski definition) is 3. The van der Waals surface area contributed by atoms with Gasteiger partial charge < -0.3 is 33.8 Å². The second-order valence-electron chi connectivity index (χ2n) is 29.4. The molecule has 6 atom stereocenters. The first kappa shape index (κ1) is 94.1. The van der Waals surface area contributed by atoms with Crippen molar-refractivity contribution in [3.05, 3.63) is 0 Å². The predicted octanol–water partition coefficient (Wildman–Crippen LogP) is 22.4. The fourth-order valence-corrected chi connectivity index (χ4v) is 13.3. The Bertz CT molecular complexity index is 1890. The number of ether oxygens (including phenoxy) is 4. The van der Waals surface area contributed by atoms with Crippen LogP contribution in [0.3, 0.4) is 0 Å². The minimum atomic E-state index is -4.96. The summed E-state index contributed by atoms with van der Waals surface area (Å²) in [4.78, 5) is 72.9. The van der Waals surface area contributed by atoms with Gasteiger partial charge in [0.1, 0.15) is 19.3 Å². The molecule has 4 unspecified atom stereocenters. The van der Waals surface area contributed by atoms with E-state index in [2.05, 4.69) is 55.4 Å². The molecule has 0 aromatic carbocycles. The van der Waals surface area contributed by atoms with Gasteiger partial charge in [-0.1, -0.05) is 338 Å². The lowest BCUT2D eigenvalue weighted by Gasteiger charge is -2.21. The molecule has 0 fully saturated rings. The van der Waals surface area contributed by atoms with Gasteiger partial charge in [0, 0.05) is 25.7 Å². The zero-order chi connectivity index (χ0) is 71.0. The lowest BCUT2D eigenvalue weighted by molar-refractivity contribution is -0.161. The summed E-state index contributed by atoms with van der Waals surface area (Å²) in [5.41, 5.74) is 0. The molecule has 0 radical (unpaired) electrons. The van der Waals surface area contributed by atoms with Crippen molar-refractivity contribution < 1.29 is 80.2 Å². The molecule has 19 heteroatoms. The topological polar surface area (TPSA) is 237 Å². The molecular formula is C77H150O17P2. The Morgan fingerprint density at radius 2 is 0.500 bits per heavy atom. The van der Waals surface area contributed by atoms with E-state index in [4.69, 9.17) is 37.0 Å². The van der Waals surface area contributed by atoms with Crippen molar-refractivity contribution in [1.29, 1.82) is 0 Å². The second-order valence-corrected chi connectivity index (χ2v) is 32.3. The van der Waals surface area contributed by atoms with E-state index in [0.717, 1.165) is 114 Å². The maximum Gasteiger partial charge on any atom is 0.472 e. The van der Waals surface area contributed by atoms with Gasteiger partial charge in [-0.05, 0) is 49.4 Å². The number of hydrogen-bond acceptors (Lipinski definition) is 15. The van der Waals surface area contributed by atoms with Gasteiger partial charge in [0.05, 0.1) is 26.4 Å². The number of aliphatic hydroxyl groups is 1. The van der Waals surface area contributed by atoms with Crippen molar-refractivity contribution >= 4 is 39.5 Å². The number of phosphoric acid groups is 2. The molecular weight excluding hydrogens is 1260 g/mol. The Morgan fingerprint density at radius 1 is 0.292 bits per heavy atom. The summed E-state index contributed by atoms with van der Waals surface area (Å²) in [6, 6.07) is 0. The molecule has 0 aromatic heterocycles. The van der Waals surface area contributed by atoms with Crippen molar-refractivity contribution in [1.82, 2.24) is 0 Å². The lowest BCUT2D eigenvalue weighted by atomic mass is 9.99. The van der Waals surface area contributed by atoms with Crippen LogP contribution in [0.25, 0.3) is 0 Å². The molecule has 0 aliphatic rings. The summed E-state index contributed by atoms with van der Waals surface area (Å²) in [6.07, 6.45) is 51.3. The lowest BCUT2D eigenvalue weighted by Crippen LogP contribution is -2.30. The normalized spacial score (nSPS) is 14.4. The molecule has 0 aromatic rings. The van der Waals surface area contributed by atoms with Gasteiger partial charge >= 0.3 is 39.5 Å². The van der Waals surface area contributed by atoms with Crippen LogP contribution in [0.15, 0.2) is 0 Å². The predicted molar refractivity (Wildman–Crippen MR) is 391 cm³/mol. The van der Waals surface area contributed by atoms with Crippen LogP contribution in [0.4, 0.5) is 0 Å². The van der Waals surface area contributed by atoms with Crippen LogP contribution < -0.4 is 0 Å². The van der Waals surface area contributed by atoms with Gasteiger partial charge in [0.2, 0.25) is 0 Å². The fraction of sp³-hybridized carbons (Fsp3) is 0.948. The van der Waals surface area contributed by atoms with Crippen molar-refractivity contribution in [3.8, 4) is 0 Å². The van der Waals surface area contributed by atoms with E-state index in [9.17, 15) is 43.2 Å². The van der Waals surface area contributed by atoms with Crippen LogP contribution in [0, 0.1) is 23.7 Å². The molecule has 0 bridgehead atoms. The quantitative estimate of drug-likeness (QED) is 0.0222. The smallest absolute Gasteiger partial charge is 0.462 e. The van der Waals surface area contributed by atoms with Crippen LogP contribution in [0.2, 0.25) is 0 Å². The van der Waals surface area contributed by atoms with Crippen LogP contribution in [0.1, 0.15) is 389 Å². The van der Waals surface area contributed by atoms with Crippen molar-refractivity contribution in [2.24, 2.45) is 23.7 Å². The summed E-state index contributed by atoms with van der Waals surface area (Å²) >= 11 is 0. The van der Waals surface area contributed by atoms with Crippen LogP contribution in [-0.4, -0.2) is 96.7 Å². The standard InChI is InChI=1S/C77H150O17P2/c1-9-70(8)56-48-40-32-24-20-21-27-35-44-52-60-77(82)94-73(64-88-75(80)58-50-42-36-28-31-39-47-55-69(6)7)66-92-96(85,86)90-62-71(78)61-89-95(83,84)91-65-72(93-76(81)59-51-43-34-26-19-15-17-23-30-38-46-54-68(4)5)63-87-74(79)57-49-41-33-25-18-14-12-10-11-13-16-22-29-37-45-53-67(2)3/h67-73,78H,9-66H2,1-8H3,(H,83,84)(H,85,86)/t70?,71?,72-,73-/m1/s1. The van der Waals surface area contributed by atoms with E-state index in [-0.39, 0.29) is 25.7 Å². The Hall–Kier alpha value is -1.94. The molecule has 0 aliphatic heterocycles. The number of unbranched alkanes of at least 4 members (excludes halogenated alkanes) is 39. The number of carbonyl (C=O) groups excluding carboxylic acids is 4. The number of carbonyl (C=O) groups is 4. The van der Waals surface area contributed by atoms with Crippen LogP contribution in [0.5, 0.6) is 0 Å². The maximum atomic E-state index is 13.1. The van der Waals surface area contributed by atoms with E-state index in [1.165, 1.54) is 186 Å². The number of esters is 4. The highest BCUT2D eigenvalue weighted by Crippen LogP contribution is 2.45. The SMILES string of the molecule is CCC(C)CCCCCCCCCCCCC(=O)O[C@H](COC(=O)CCCCCCCCCC(C)C)COP(=O)(O)OCC(O)COP(=O)(O)OC[C@@H](COC(=O)CCCCCCCCCCCCCCCCCC(C)C)OC(=O)CCCCCCCCCCCCCC(C)C. The third-order valence-electron chi connectivity index (χ3n) is 18.2. The Morgan fingerprint density at radius 3 is 0.740 bits per heavy atom. The van der Waals surface area contributed by atoms with Gasteiger partial charge in [-0.2, -0.15) is 0 Å². The Labute approximate surface area is 588 Å². The first-order chi connectivity index (χ1) is 46.1. The molecule has 0 aliphatic carbocycles. The highest BCUT2D eigenvalue weighted by molar-refractivity contribution is 7.47. The minimum Gasteiger partial charge on any atom is -0.462 e. The zero-order valence-electron chi connectivity index (χ0n) is 63.0. The maximum absolute atomic E-state index is 13.1. The summed E-state index contributed by atoms with van der Waals surface area (Å²) in [6.45, 7) is 14.2.